The predicted octanol–water partition coefficient (Wildman–Crippen LogP) is 12.6. The first-order valence-electron chi connectivity index (χ1n) is 16.3. The number of benzene rings is 1. The van der Waals surface area contributed by atoms with E-state index in [4.69, 9.17) is 0 Å². The first kappa shape index (κ1) is 39.1. The smallest absolute Gasteiger partial charge is 0.0340 e. The van der Waals surface area contributed by atoms with Crippen LogP contribution in [0.25, 0.3) is 5.70 Å². The Morgan fingerprint density at radius 3 is 2.05 bits per heavy atom. The van der Waals surface area contributed by atoms with Crippen LogP contribution < -0.4 is 5.32 Å². The lowest BCUT2D eigenvalue weighted by atomic mass is 9.98. The third-order valence-electron chi connectivity index (χ3n) is 7.10. The Morgan fingerprint density at radius 2 is 1.51 bits per heavy atom. The van der Waals surface area contributed by atoms with Gasteiger partial charge in [0.25, 0.3) is 0 Å². The number of hydrogen-bond donors (Lipinski definition) is 1. The zero-order valence-corrected chi connectivity index (χ0v) is 27.8. The van der Waals surface area contributed by atoms with Crippen molar-refractivity contribution in [3.8, 4) is 0 Å². The lowest BCUT2D eigenvalue weighted by Gasteiger charge is -2.08. The van der Waals surface area contributed by atoms with Gasteiger partial charge in [-0.15, -0.1) is 0 Å². The molecule has 39 heavy (non-hydrogen) atoms. The summed E-state index contributed by atoms with van der Waals surface area (Å²) in [4.78, 5) is 0. The highest BCUT2D eigenvalue weighted by atomic mass is 14.9. The second kappa shape index (κ2) is 29.0. The molecule has 2 atom stereocenters. The molecular weight excluding hydrogens is 470 g/mol. The minimum atomic E-state index is 0.703. The van der Waals surface area contributed by atoms with Gasteiger partial charge in [-0.1, -0.05) is 174 Å². The van der Waals surface area contributed by atoms with Crippen LogP contribution >= 0.6 is 0 Å². The van der Waals surface area contributed by atoms with Gasteiger partial charge in [0.2, 0.25) is 0 Å². The van der Waals surface area contributed by atoms with Crippen LogP contribution in [-0.2, 0) is 0 Å². The first-order valence-corrected chi connectivity index (χ1v) is 16.3. The predicted molar refractivity (Wildman–Crippen MR) is 182 cm³/mol. The van der Waals surface area contributed by atoms with E-state index in [-0.39, 0.29) is 0 Å². The first-order chi connectivity index (χ1) is 18.8. The molecule has 0 aliphatic heterocycles. The van der Waals surface area contributed by atoms with Crippen LogP contribution in [0.4, 0.5) is 0 Å². The van der Waals surface area contributed by atoms with Crippen molar-refractivity contribution in [3.63, 3.8) is 0 Å². The van der Waals surface area contributed by atoms with Gasteiger partial charge in [0.15, 0.2) is 0 Å². The molecule has 0 radical (unpaired) electrons. The van der Waals surface area contributed by atoms with Crippen molar-refractivity contribution in [1.82, 2.24) is 5.32 Å². The largest absolute Gasteiger partial charge is 0.385 e. The van der Waals surface area contributed by atoms with Crippen LogP contribution in [0.3, 0.4) is 0 Å². The molecule has 0 amide bonds. The van der Waals surface area contributed by atoms with Gasteiger partial charge < -0.3 is 5.32 Å². The zero-order chi connectivity index (χ0) is 29.7. The Kier molecular flexibility index (Phi) is 29.1. The van der Waals surface area contributed by atoms with Crippen molar-refractivity contribution >= 4 is 5.70 Å². The van der Waals surface area contributed by atoms with Crippen molar-refractivity contribution < 1.29 is 0 Å². The Morgan fingerprint density at radius 1 is 0.846 bits per heavy atom. The Balaban J connectivity index is 0. The summed E-state index contributed by atoms with van der Waals surface area (Å²) >= 11 is 0. The summed E-state index contributed by atoms with van der Waals surface area (Å²) in [5.41, 5.74) is 4.94. The second-order valence-electron chi connectivity index (χ2n) is 11.0. The van der Waals surface area contributed by atoms with Crippen molar-refractivity contribution in [2.45, 2.75) is 139 Å². The van der Waals surface area contributed by atoms with Crippen molar-refractivity contribution in [1.29, 1.82) is 0 Å². The molecule has 1 nitrogen and oxygen atoms in total. The average molecular weight is 538 g/mol. The quantitative estimate of drug-likeness (QED) is 0.233. The average Bonchev–Trinajstić information content (AvgIpc) is 3.25. The van der Waals surface area contributed by atoms with E-state index in [2.05, 4.69) is 129 Å². The molecule has 0 bridgehead atoms. The molecule has 1 aromatic carbocycles. The SMILES string of the molecule is C=C(NCCC)c1cccc(C)c1.CCC(C)C1=CC=CCC=C1.CCCCC(C)CC.CCCCCCC. The van der Waals surface area contributed by atoms with Gasteiger partial charge in [-0.2, -0.15) is 0 Å². The standard InChI is InChI=1S/C12H17N.C11H16.C8H18.C7H16/c1-4-8-13-11(3)12-7-5-6-10(2)9-12;1-3-10(2)11-8-6-4-5-7-9-11;1-4-6-7-8(3)5-2;1-3-5-7-6-4-2/h5-7,9,13H,3-4,8H2,1-2H3;4,6-10H,3,5H2,1-2H3;8H,4-7H2,1-3H3;3-7H2,1-2H3. The molecule has 1 aromatic rings. The highest BCUT2D eigenvalue weighted by Crippen LogP contribution is 2.17. The molecule has 0 saturated carbocycles. The summed E-state index contributed by atoms with van der Waals surface area (Å²) in [6.45, 7) is 25.1. The maximum Gasteiger partial charge on any atom is 0.0340 e. The molecule has 1 aliphatic rings. The minimum Gasteiger partial charge on any atom is -0.385 e. The Labute approximate surface area is 246 Å². The van der Waals surface area contributed by atoms with Crippen molar-refractivity contribution in [3.05, 3.63) is 77.9 Å². The highest BCUT2D eigenvalue weighted by Gasteiger charge is 2.02. The number of nitrogens with one attached hydrogen (secondary N) is 1. The van der Waals surface area contributed by atoms with Gasteiger partial charge >= 0.3 is 0 Å². The second-order valence-corrected chi connectivity index (χ2v) is 11.0. The molecule has 0 heterocycles. The summed E-state index contributed by atoms with van der Waals surface area (Å²) in [7, 11) is 0. The van der Waals surface area contributed by atoms with Gasteiger partial charge in [0.1, 0.15) is 0 Å². The fourth-order valence-electron chi connectivity index (χ4n) is 3.80. The van der Waals surface area contributed by atoms with E-state index in [0.29, 0.717) is 5.92 Å². The molecular formula is C38H67N. The fraction of sp³-hybridized carbons (Fsp3) is 0.632. The molecule has 224 valence electrons. The van der Waals surface area contributed by atoms with E-state index in [0.717, 1.165) is 31.0 Å². The molecule has 0 aromatic heterocycles. The van der Waals surface area contributed by atoms with Crippen molar-refractivity contribution in [2.75, 3.05) is 6.54 Å². The Hall–Kier alpha value is -2.02. The van der Waals surface area contributed by atoms with Gasteiger partial charge in [-0.25, -0.2) is 0 Å². The van der Waals surface area contributed by atoms with Crippen molar-refractivity contribution in [2.24, 2.45) is 11.8 Å². The van der Waals surface area contributed by atoms with E-state index in [1.807, 2.05) is 0 Å². The number of aryl methyl sites for hydroxylation is 1. The highest BCUT2D eigenvalue weighted by molar-refractivity contribution is 5.62. The summed E-state index contributed by atoms with van der Waals surface area (Å²) < 4.78 is 0. The van der Waals surface area contributed by atoms with Crippen LogP contribution in [0.15, 0.2) is 66.8 Å². The maximum absolute atomic E-state index is 3.99. The summed E-state index contributed by atoms with van der Waals surface area (Å²) in [5, 5.41) is 3.28. The normalized spacial score (nSPS) is 13.2. The summed E-state index contributed by atoms with van der Waals surface area (Å²) in [6.07, 6.45) is 27.0. The molecule has 1 aliphatic carbocycles. The number of unbranched alkanes of at least 4 members (excludes halogenated alkanes) is 5. The van der Waals surface area contributed by atoms with Gasteiger partial charge in [0, 0.05) is 12.2 Å². The van der Waals surface area contributed by atoms with Crippen LogP contribution in [0.5, 0.6) is 0 Å². The van der Waals surface area contributed by atoms with Crippen LogP contribution in [0.2, 0.25) is 0 Å². The molecule has 2 unspecified atom stereocenters. The number of rotatable bonds is 14. The van der Waals surface area contributed by atoms with Gasteiger partial charge in [-0.3, -0.25) is 0 Å². The summed E-state index contributed by atoms with van der Waals surface area (Å²) in [5.74, 6) is 1.66. The molecule has 1 heteroatoms. The van der Waals surface area contributed by atoms with Crippen LogP contribution in [0, 0.1) is 18.8 Å². The van der Waals surface area contributed by atoms with Gasteiger partial charge in [-0.05, 0) is 55.2 Å². The zero-order valence-electron chi connectivity index (χ0n) is 27.8. The molecule has 0 spiro atoms. The topological polar surface area (TPSA) is 12.0 Å². The fourth-order valence-corrected chi connectivity index (χ4v) is 3.80. The lowest BCUT2D eigenvalue weighted by Crippen LogP contribution is -2.11. The van der Waals surface area contributed by atoms with E-state index in [9.17, 15) is 0 Å². The Bertz CT molecular complexity index is 763. The monoisotopic (exact) mass is 538 g/mol. The van der Waals surface area contributed by atoms with Gasteiger partial charge in [0.05, 0.1) is 0 Å². The number of allylic oxidation sites excluding steroid dienone is 6. The molecule has 1 N–H and O–H groups in total. The lowest BCUT2D eigenvalue weighted by molar-refractivity contribution is 0.492. The third-order valence-corrected chi connectivity index (χ3v) is 7.10. The van der Waals surface area contributed by atoms with Crippen LogP contribution in [0.1, 0.15) is 144 Å². The van der Waals surface area contributed by atoms with E-state index < -0.39 is 0 Å². The maximum atomic E-state index is 3.99. The molecule has 0 saturated heterocycles. The van der Waals surface area contributed by atoms with Crippen LogP contribution in [-0.4, -0.2) is 6.54 Å². The summed E-state index contributed by atoms with van der Waals surface area (Å²) in [6, 6.07) is 8.38. The molecule has 0 fully saturated rings. The minimum absolute atomic E-state index is 0.703. The van der Waals surface area contributed by atoms with E-state index in [1.165, 1.54) is 80.9 Å². The molecule has 2 rings (SSSR count). The number of hydrogen-bond acceptors (Lipinski definition) is 1. The van der Waals surface area contributed by atoms with E-state index in [1.54, 1.807) is 0 Å². The third kappa shape index (κ3) is 24.7. The van der Waals surface area contributed by atoms with E-state index >= 15 is 0 Å².